The molecule has 1 atom stereocenters. The average molecular weight is 661 g/mol. The number of hydrogen-bond acceptors (Lipinski definition) is 4. The predicted molar refractivity (Wildman–Crippen MR) is 205 cm³/mol. The second kappa shape index (κ2) is 40.8. The molecule has 0 rings (SSSR count). The van der Waals surface area contributed by atoms with E-state index in [1.807, 2.05) is 0 Å². The highest BCUT2D eigenvalue weighted by Crippen LogP contribution is 2.14. The molecule has 0 spiro atoms. The molecule has 4 heteroatoms. The molecule has 0 radical (unpaired) electrons. The summed E-state index contributed by atoms with van der Waals surface area (Å²) in [5.74, 6) is -0.204. The minimum atomic E-state index is -0.530. The van der Waals surface area contributed by atoms with Crippen molar-refractivity contribution >= 4 is 5.97 Å². The Morgan fingerprint density at radius 3 is 1.34 bits per heavy atom. The van der Waals surface area contributed by atoms with Gasteiger partial charge >= 0.3 is 5.97 Å². The zero-order valence-corrected chi connectivity index (χ0v) is 31.5. The monoisotopic (exact) mass is 661 g/mol. The van der Waals surface area contributed by atoms with Crippen LogP contribution in [0.1, 0.15) is 206 Å². The van der Waals surface area contributed by atoms with E-state index in [-0.39, 0.29) is 12.6 Å². The zero-order valence-electron chi connectivity index (χ0n) is 31.5. The van der Waals surface area contributed by atoms with Crippen LogP contribution in [-0.2, 0) is 14.3 Å². The summed E-state index contributed by atoms with van der Waals surface area (Å²) in [6, 6.07) is 0. The maximum Gasteiger partial charge on any atom is 0.306 e. The minimum absolute atomic E-state index is 0.170. The summed E-state index contributed by atoms with van der Waals surface area (Å²) in [5, 5.41) is 9.54. The molecule has 0 bridgehead atoms. The molecule has 1 N–H and O–H groups in total. The molecule has 0 fully saturated rings. The number of hydrogen-bond donors (Lipinski definition) is 1. The van der Waals surface area contributed by atoms with Crippen molar-refractivity contribution in [2.24, 2.45) is 0 Å². The number of aliphatic hydroxyl groups is 1. The number of unbranched alkanes of at least 4 members (excludes halogenated alkanes) is 24. The zero-order chi connectivity index (χ0) is 34.1. The third-order valence-corrected chi connectivity index (χ3v) is 8.97. The smallest absolute Gasteiger partial charge is 0.306 e. The van der Waals surface area contributed by atoms with Crippen LogP contribution < -0.4 is 0 Å². The van der Waals surface area contributed by atoms with Crippen molar-refractivity contribution in [2.75, 3.05) is 19.8 Å². The van der Waals surface area contributed by atoms with Crippen LogP contribution in [0.15, 0.2) is 36.5 Å². The van der Waals surface area contributed by atoms with Crippen molar-refractivity contribution in [3.05, 3.63) is 36.5 Å². The molecule has 0 aliphatic rings. The average Bonchev–Trinajstić information content (AvgIpc) is 3.08. The van der Waals surface area contributed by atoms with Crippen LogP contribution >= 0.6 is 0 Å². The molecule has 1 unspecified atom stereocenters. The molecular weight excluding hydrogens is 580 g/mol. The molecule has 0 saturated carbocycles. The molecule has 0 aromatic rings. The molecule has 4 nitrogen and oxygen atoms in total. The number of ether oxygens (including phenoxy) is 2. The summed E-state index contributed by atoms with van der Waals surface area (Å²) >= 11 is 0. The van der Waals surface area contributed by atoms with Crippen LogP contribution in [0, 0.1) is 0 Å². The van der Waals surface area contributed by atoms with Crippen molar-refractivity contribution < 1.29 is 19.4 Å². The number of aliphatic hydroxyl groups excluding tert-OH is 1. The molecule has 0 heterocycles. The topological polar surface area (TPSA) is 55.8 Å². The van der Waals surface area contributed by atoms with Gasteiger partial charge in [-0.15, -0.1) is 0 Å². The van der Waals surface area contributed by atoms with Crippen molar-refractivity contribution in [1.82, 2.24) is 0 Å². The van der Waals surface area contributed by atoms with Crippen LogP contribution in [0.4, 0.5) is 0 Å². The summed E-state index contributed by atoms with van der Waals surface area (Å²) < 4.78 is 11.1. The van der Waals surface area contributed by atoms with Gasteiger partial charge in [-0.2, -0.15) is 0 Å². The van der Waals surface area contributed by atoms with E-state index in [9.17, 15) is 9.90 Å². The quantitative estimate of drug-likeness (QED) is 0.0407. The highest BCUT2D eigenvalue weighted by molar-refractivity contribution is 5.69. The molecule has 47 heavy (non-hydrogen) atoms. The van der Waals surface area contributed by atoms with E-state index in [2.05, 4.69) is 50.3 Å². The summed E-state index contributed by atoms with van der Waals surface area (Å²) in [5.41, 5.74) is 0. The molecule has 0 aliphatic heterocycles. The standard InChI is InChI=1S/C43H80O4/c1-3-5-7-9-11-13-14-15-16-17-18-19-20-21-22-23-24-25-26-27-28-29-31-33-35-37-39-46-41-42(40-44)47-43(45)38-36-34-32-30-12-10-8-6-4-2/h14-15,17-18,20-21,42,44H,3-13,16,19,22-41H2,1-2H3/b15-14-,18-17-,21-20-. The highest BCUT2D eigenvalue weighted by Gasteiger charge is 2.13. The van der Waals surface area contributed by atoms with E-state index in [0.29, 0.717) is 19.6 Å². The summed E-state index contributed by atoms with van der Waals surface area (Å²) in [6.45, 7) is 5.32. The lowest BCUT2D eigenvalue weighted by atomic mass is 10.1. The van der Waals surface area contributed by atoms with Crippen LogP contribution in [0.5, 0.6) is 0 Å². The molecule has 276 valence electrons. The lowest BCUT2D eigenvalue weighted by Crippen LogP contribution is -2.27. The van der Waals surface area contributed by atoms with Gasteiger partial charge in [0, 0.05) is 13.0 Å². The Morgan fingerprint density at radius 1 is 0.511 bits per heavy atom. The van der Waals surface area contributed by atoms with E-state index in [1.54, 1.807) is 0 Å². The Bertz CT molecular complexity index is 698. The molecule has 0 aromatic heterocycles. The van der Waals surface area contributed by atoms with Crippen LogP contribution in [0.2, 0.25) is 0 Å². The van der Waals surface area contributed by atoms with E-state index >= 15 is 0 Å². The maximum atomic E-state index is 12.1. The number of rotatable bonds is 38. The first-order chi connectivity index (χ1) is 23.2. The molecule has 0 aromatic carbocycles. The second-order valence-electron chi connectivity index (χ2n) is 13.7. The van der Waals surface area contributed by atoms with Gasteiger partial charge < -0.3 is 14.6 Å². The van der Waals surface area contributed by atoms with Gasteiger partial charge in [-0.05, 0) is 51.4 Å². The Balaban J connectivity index is 3.39. The Morgan fingerprint density at radius 2 is 0.894 bits per heavy atom. The number of allylic oxidation sites excluding steroid dienone is 6. The molecular formula is C43H80O4. The first-order valence-electron chi connectivity index (χ1n) is 20.6. The van der Waals surface area contributed by atoms with Crippen molar-refractivity contribution in [2.45, 2.75) is 213 Å². The predicted octanol–water partition coefficient (Wildman–Crippen LogP) is 13.3. The van der Waals surface area contributed by atoms with E-state index in [0.717, 1.165) is 32.1 Å². The van der Waals surface area contributed by atoms with Gasteiger partial charge in [0.2, 0.25) is 0 Å². The Hall–Kier alpha value is -1.39. The minimum Gasteiger partial charge on any atom is -0.457 e. The summed E-state index contributed by atoms with van der Waals surface area (Å²) in [7, 11) is 0. The molecule has 0 aliphatic carbocycles. The normalized spacial score (nSPS) is 12.7. The lowest BCUT2D eigenvalue weighted by molar-refractivity contribution is -0.154. The van der Waals surface area contributed by atoms with E-state index < -0.39 is 6.10 Å². The van der Waals surface area contributed by atoms with Gasteiger partial charge in [0.05, 0.1) is 13.2 Å². The summed E-state index contributed by atoms with van der Waals surface area (Å²) in [4.78, 5) is 12.1. The van der Waals surface area contributed by atoms with Gasteiger partial charge in [-0.25, -0.2) is 0 Å². The van der Waals surface area contributed by atoms with E-state index in [1.165, 1.54) is 154 Å². The van der Waals surface area contributed by atoms with Gasteiger partial charge in [0.1, 0.15) is 6.10 Å². The van der Waals surface area contributed by atoms with Gasteiger partial charge in [-0.3, -0.25) is 4.79 Å². The van der Waals surface area contributed by atoms with Gasteiger partial charge in [-0.1, -0.05) is 185 Å². The fourth-order valence-electron chi connectivity index (χ4n) is 5.86. The Labute approximate surface area is 293 Å². The van der Waals surface area contributed by atoms with Crippen molar-refractivity contribution in [3.63, 3.8) is 0 Å². The number of esters is 1. The fraction of sp³-hybridized carbons (Fsp3) is 0.837. The fourth-order valence-corrected chi connectivity index (χ4v) is 5.86. The lowest BCUT2D eigenvalue weighted by Gasteiger charge is -2.16. The summed E-state index contributed by atoms with van der Waals surface area (Å²) in [6.07, 6.45) is 50.7. The van der Waals surface area contributed by atoms with Crippen LogP contribution in [0.3, 0.4) is 0 Å². The first-order valence-corrected chi connectivity index (χ1v) is 20.6. The van der Waals surface area contributed by atoms with Crippen molar-refractivity contribution in [1.29, 1.82) is 0 Å². The Kier molecular flexibility index (Phi) is 39.6. The first kappa shape index (κ1) is 45.6. The van der Waals surface area contributed by atoms with Crippen LogP contribution in [-0.4, -0.2) is 37.0 Å². The highest BCUT2D eigenvalue weighted by atomic mass is 16.6. The molecule has 0 saturated heterocycles. The van der Waals surface area contributed by atoms with Gasteiger partial charge in [0.25, 0.3) is 0 Å². The SMILES string of the molecule is CCCCCCC/C=C\C/C=C\C/C=C\CCCCCCCCCCCCCOCC(CO)OC(=O)CCCCCCCCCCC. The third kappa shape index (κ3) is 38.9. The van der Waals surface area contributed by atoms with E-state index in [4.69, 9.17) is 9.47 Å². The number of carbonyl (C=O) groups is 1. The third-order valence-electron chi connectivity index (χ3n) is 8.97. The van der Waals surface area contributed by atoms with Crippen molar-refractivity contribution in [3.8, 4) is 0 Å². The second-order valence-corrected chi connectivity index (χ2v) is 13.7. The molecule has 0 amide bonds. The largest absolute Gasteiger partial charge is 0.457 e. The van der Waals surface area contributed by atoms with Gasteiger partial charge in [0.15, 0.2) is 0 Å². The maximum absolute atomic E-state index is 12.1. The van der Waals surface area contributed by atoms with Crippen LogP contribution in [0.25, 0.3) is 0 Å². The number of carbonyl (C=O) groups excluding carboxylic acids is 1.